The molecule has 0 unspecified atom stereocenters. The van der Waals surface area contributed by atoms with Gasteiger partial charge in [-0.15, -0.1) is 0 Å². The van der Waals surface area contributed by atoms with Crippen LogP contribution in [0.2, 0.25) is 0 Å². The molecule has 0 aliphatic heterocycles. The lowest BCUT2D eigenvalue weighted by Gasteiger charge is -2.16. The van der Waals surface area contributed by atoms with Crippen LogP contribution < -0.4 is 19.9 Å². The van der Waals surface area contributed by atoms with Gasteiger partial charge >= 0.3 is 0 Å². The number of nitriles is 1. The highest BCUT2D eigenvalue weighted by atomic mass is 16.5. The van der Waals surface area contributed by atoms with Crippen LogP contribution in [0.4, 0.5) is 5.82 Å². The topological polar surface area (TPSA) is 90.4 Å². The maximum absolute atomic E-state index is 9.73. The van der Waals surface area contributed by atoms with Crippen LogP contribution in [0, 0.1) is 25.2 Å². The Balaban J connectivity index is 2.30. The van der Waals surface area contributed by atoms with Crippen molar-refractivity contribution in [2.45, 2.75) is 13.8 Å². The maximum Gasteiger partial charge on any atom is 0.164 e. The SMILES string of the molecule is COc1cc(OC)c(-c2cc(-c3ccc(C)c(C)c3)nc(N)c2C#N)cc1OC. The average Bonchev–Trinajstić information content (AvgIpc) is 2.73. The maximum atomic E-state index is 9.73. The molecular weight excluding hydrogens is 366 g/mol. The van der Waals surface area contributed by atoms with Crippen molar-refractivity contribution in [3.8, 4) is 45.7 Å². The number of aryl methyl sites for hydroxylation is 2. The number of ether oxygens (including phenoxy) is 3. The third-order valence-electron chi connectivity index (χ3n) is 4.96. The van der Waals surface area contributed by atoms with E-state index in [1.165, 1.54) is 5.56 Å². The first-order valence-electron chi connectivity index (χ1n) is 9.02. The predicted molar refractivity (Wildman–Crippen MR) is 113 cm³/mol. The molecule has 3 aromatic rings. The number of methoxy groups -OCH3 is 3. The number of rotatable bonds is 5. The molecule has 2 N–H and O–H groups in total. The van der Waals surface area contributed by atoms with Crippen LogP contribution in [-0.4, -0.2) is 26.3 Å². The van der Waals surface area contributed by atoms with Gasteiger partial charge in [-0.1, -0.05) is 12.1 Å². The van der Waals surface area contributed by atoms with Crippen molar-refractivity contribution in [3.05, 3.63) is 53.1 Å². The fourth-order valence-electron chi connectivity index (χ4n) is 3.18. The second kappa shape index (κ2) is 8.11. The van der Waals surface area contributed by atoms with Crippen LogP contribution in [0.5, 0.6) is 17.2 Å². The lowest BCUT2D eigenvalue weighted by Crippen LogP contribution is -2.02. The van der Waals surface area contributed by atoms with Crippen molar-refractivity contribution in [3.63, 3.8) is 0 Å². The van der Waals surface area contributed by atoms with Crippen molar-refractivity contribution in [1.29, 1.82) is 5.26 Å². The second-order valence-corrected chi connectivity index (χ2v) is 6.63. The lowest BCUT2D eigenvalue weighted by molar-refractivity contribution is 0.349. The predicted octanol–water partition coefficient (Wildman–Crippen LogP) is 4.51. The minimum Gasteiger partial charge on any atom is -0.496 e. The van der Waals surface area contributed by atoms with Crippen LogP contribution >= 0.6 is 0 Å². The zero-order chi connectivity index (χ0) is 21.1. The Morgan fingerprint density at radius 2 is 1.48 bits per heavy atom. The molecule has 1 heterocycles. The zero-order valence-corrected chi connectivity index (χ0v) is 17.2. The Kier molecular flexibility index (Phi) is 5.60. The molecule has 0 aliphatic rings. The van der Waals surface area contributed by atoms with Gasteiger partial charge in [-0.2, -0.15) is 5.26 Å². The molecular formula is C23H23N3O3. The molecule has 6 nitrogen and oxygen atoms in total. The molecule has 0 bridgehead atoms. The molecule has 0 spiro atoms. The summed E-state index contributed by atoms with van der Waals surface area (Å²) >= 11 is 0. The largest absolute Gasteiger partial charge is 0.496 e. The van der Waals surface area contributed by atoms with Gasteiger partial charge in [-0.05, 0) is 43.2 Å². The summed E-state index contributed by atoms with van der Waals surface area (Å²) in [5.41, 5.74) is 11.7. The van der Waals surface area contributed by atoms with Crippen molar-refractivity contribution in [1.82, 2.24) is 4.98 Å². The molecule has 1 aromatic heterocycles. The molecule has 0 radical (unpaired) electrons. The van der Waals surface area contributed by atoms with Crippen LogP contribution in [0.15, 0.2) is 36.4 Å². The Morgan fingerprint density at radius 3 is 2.07 bits per heavy atom. The number of hydrogen-bond donors (Lipinski definition) is 1. The van der Waals surface area contributed by atoms with Crippen molar-refractivity contribution in [2.24, 2.45) is 0 Å². The number of anilines is 1. The summed E-state index contributed by atoms with van der Waals surface area (Å²) in [6.07, 6.45) is 0. The first-order chi connectivity index (χ1) is 13.9. The Bertz CT molecular complexity index is 1120. The monoisotopic (exact) mass is 389 g/mol. The first kappa shape index (κ1) is 20.0. The summed E-state index contributed by atoms with van der Waals surface area (Å²) in [6.45, 7) is 4.10. The molecule has 0 atom stereocenters. The highest BCUT2D eigenvalue weighted by molar-refractivity contribution is 5.84. The number of nitrogens with two attached hydrogens (primary N) is 1. The third kappa shape index (κ3) is 3.67. The van der Waals surface area contributed by atoms with Gasteiger partial charge in [0.05, 0.1) is 27.0 Å². The van der Waals surface area contributed by atoms with Gasteiger partial charge in [0.2, 0.25) is 0 Å². The number of aromatic nitrogens is 1. The summed E-state index contributed by atoms with van der Waals surface area (Å²) in [4.78, 5) is 4.46. The molecule has 0 amide bonds. The van der Waals surface area contributed by atoms with E-state index >= 15 is 0 Å². The summed E-state index contributed by atoms with van der Waals surface area (Å²) in [5, 5.41) is 9.73. The van der Waals surface area contributed by atoms with Gasteiger partial charge in [0.1, 0.15) is 23.2 Å². The fraction of sp³-hybridized carbons (Fsp3) is 0.217. The molecule has 0 saturated heterocycles. The molecule has 0 fully saturated rings. The lowest BCUT2D eigenvalue weighted by atomic mass is 9.96. The normalized spacial score (nSPS) is 10.3. The van der Waals surface area contributed by atoms with E-state index in [2.05, 4.69) is 24.0 Å². The number of nitrogen functional groups attached to an aromatic ring is 1. The van der Waals surface area contributed by atoms with Crippen LogP contribution in [-0.2, 0) is 0 Å². The number of hydrogen-bond acceptors (Lipinski definition) is 6. The van der Waals surface area contributed by atoms with E-state index in [1.807, 2.05) is 25.1 Å². The Hall–Kier alpha value is -3.72. The van der Waals surface area contributed by atoms with Crippen LogP contribution in [0.1, 0.15) is 16.7 Å². The summed E-state index contributed by atoms with van der Waals surface area (Å²) in [7, 11) is 4.67. The Morgan fingerprint density at radius 1 is 0.828 bits per heavy atom. The van der Waals surface area contributed by atoms with Crippen molar-refractivity contribution >= 4 is 5.82 Å². The molecule has 148 valence electrons. The van der Waals surface area contributed by atoms with E-state index in [4.69, 9.17) is 19.9 Å². The van der Waals surface area contributed by atoms with E-state index in [9.17, 15) is 5.26 Å². The zero-order valence-electron chi connectivity index (χ0n) is 17.2. The number of benzene rings is 2. The minimum atomic E-state index is 0.162. The van der Waals surface area contributed by atoms with Crippen molar-refractivity contribution < 1.29 is 14.2 Å². The molecule has 6 heteroatoms. The quantitative estimate of drug-likeness (QED) is 0.690. The Labute approximate surface area is 170 Å². The van der Waals surface area contributed by atoms with Gasteiger partial charge < -0.3 is 19.9 Å². The first-order valence-corrected chi connectivity index (χ1v) is 9.02. The van der Waals surface area contributed by atoms with E-state index in [0.29, 0.717) is 34.1 Å². The highest BCUT2D eigenvalue weighted by Crippen LogP contribution is 2.42. The standard InChI is InChI=1S/C23H23N3O3/c1-13-6-7-15(8-14(13)2)19-9-16(18(12-24)23(25)26-19)17-10-21(28-4)22(29-5)11-20(17)27-3/h6-11H,1-5H3,(H2,25,26). The molecule has 0 saturated carbocycles. The molecule has 29 heavy (non-hydrogen) atoms. The third-order valence-corrected chi connectivity index (χ3v) is 4.96. The van der Waals surface area contributed by atoms with Gasteiger partial charge in [0, 0.05) is 22.8 Å². The smallest absolute Gasteiger partial charge is 0.164 e. The van der Waals surface area contributed by atoms with Gasteiger partial charge in [-0.3, -0.25) is 0 Å². The van der Waals surface area contributed by atoms with Gasteiger partial charge in [0.25, 0.3) is 0 Å². The summed E-state index contributed by atoms with van der Waals surface area (Å²) < 4.78 is 16.4. The van der Waals surface area contributed by atoms with E-state index in [0.717, 1.165) is 11.1 Å². The molecule has 0 aliphatic carbocycles. The van der Waals surface area contributed by atoms with Crippen molar-refractivity contribution in [2.75, 3.05) is 27.1 Å². The second-order valence-electron chi connectivity index (χ2n) is 6.63. The van der Waals surface area contributed by atoms with Gasteiger partial charge in [-0.25, -0.2) is 4.98 Å². The van der Waals surface area contributed by atoms with Gasteiger partial charge in [0.15, 0.2) is 11.5 Å². The average molecular weight is 389 g/mol. The number of nitrogens with zero attached hydrogens (tertiary/aromatic N) is 2. The van der Waals surface area contributed by atoms with E-state index < -0.39 is 0 Å². The summed E-state index contributed by atoms with van der Waals surface area (Å²) in [5.74, 6) is 1.75. The van der Waals surface area contributed by atoms with Crippen LogP contribution in [0.25, 0.3) is 22.4 Å². The summed E-state index contributed by atoms with van der Waals surface area (Å²) in [6, 6.07) is 13.6. The minimum absolute atomic E-state index is 0.162. The van der Waals surface area contributed by atoms with E-state index in [1.54, 1.807) is 33.5 Å². The van der Waals surface area contributed by atoms with Crippen LogP contribution in [0.3, 0.4) is 0 Å². The van der Waals surface area contributed by atoms with E-state index in [-0.39, 0.29) is 11.4 Å². The molecule has 3 rings (SSSR count). The fourth-order valence-corrected chi connectivity index (χ4v) is 3.18. The molecule has 2 aromatic carbocycles. The number of pyridine rings is 1. The highest BCUT2D eigenvalue weighted by Gasteiger charge is 2.20.